The molecular formula is C49H65ClN4O7Si. The normalized spacial score (nSPS) is 20.5. The van der Waals surface area contributed by atoms with E-state index in [1.807, 2.05) is 6.07 Å². The average Bonchev–Trinajstić information content (AvgIpc) is 3.25. The van der Waals surface area contributed by atoms with Crippen molar-refractivity contribution in [2.45, 2.75) is 121 Å². The highest BCUT2D eigenvalue weighted by atomic mass is 35.5. The zero-order valence-corrected chi connectivity index (χ0v) is 39.1. The van der Waals surface area contributed by atoms with Crippen LogP contribution in [0.4, 0.5) is 0 Å². The number of carbonyl (C=O) groups excluding carboxylic acids is 2. The largest absolute Gasteiger partial charge is 0.506 e. The molecule has 62 heavy (non-hydrogen) atoms. The van der Waals surface area contributed by atoms with Crippen molar-refractivity contribution < 1.29 is 28.6 Å². The van der Waals surface area contributed by atoms with Crippen molar-refractivity contribution in [1.82, 2.24) is 20.5 Å². The van der Waals surface area contributed by atoms with Crippen LogP contribution in [-0.4, -0.2) is 81.1 Å². The smallest absolute Gasteiger partial charge is 0.316 e. The number of piperidine rings is 3. The zero-order chi connectivity index (χ0) is 44.2. The molecule has 3 aliphatic heterocycles. The van der Waals surface area contributed by atoms with Crippen LogP contribution < -0.4 is 20.9 Å². The molecule has 3 saturated heterocycles. The summed E-state index contributed by atoms with van der Waals surface area (Å²) in [4.78, 5) is 44.9. The summed E-state index contributed by atoms with van der Waals surface area (Å²) in [5.41, 5.74) is 3.64. The number of benzene rings is 3. The lowest BCUT2D eigenvalue weighted by Gasteiger charge is -2.45. The summed E-state index contributed by atoms with van der Waals surface area (Å²) in [7, 11) is -0.708. The van der Waals surface area contributed by atoms with Gasteiger partial charge in [-0.25, -0.2) is 0 Å². The molecule has 0 spiro atoms. The van der Waals surface area contributed by atoms with Crippen molar-refractivity contribution in [2.75, 3.05) is 39.8 Å². The van der Waals surface area contributed by atoms with Crippen LogP contribution in [-0.2, 0) is 32.3 Å². The number of aromatic nitrogens is 1. The number of pyridine rings is 1. The van der Waals surface area contributed by atoms with Gasteiger partial charge in [-0.3, -0.25) is 19.3 Å². The van der Waals surface area contributed by atoms with Gasteiger partial charge in [-0.05, 0) is 117 Å². The molecule has 8 rings (SSSR count). The summed E-state index contributed by atoms with van der Waals surface area (Å²) in [6.07, 6.45) is 8.11. The number of aromatic hydroxyl groups is 1. The quantitative estimate of drug-likeness (QED) is 0.0493. The highest BCUT2D eigenvalue weighted by Crippen LogP contribution is 2.43. The van der Waals surface area contributed by atoms with Crippen molar-refractivity contribution >= 4 is 42.7 Å². The van der Waals surface area contributed by atoms with E-state index in [0.29, 0.717) is 59.2 Å². The van der Waals surface area contributed by atoms with E-state index >= 15 is 0 Å². The maximum Gasteiger partial charge on any atom is 0.316 e. The van der Waals surface area contributed by atoms with Gasteiger partial charge in [-0.2, -0.15) is 0 Å². The first-order valence-corrected chi connectivity index (χ1v) is 25.8. The van der Waals surface area contributed by atoms with Crippen LogP contribution in [0.5, 0.6) is 11.5 Å². The van der Waals surface area contributed by atoms with Crippen LogP contribution in [0.2, 0.25) is 23.2 Å². The zero-order valence-electron chi connectivity index (χ0n) is 37.3. The monoisotopic (exact) mass is 884 g/mol. The number of methoxy groups -OCH3 is 1. The van der Waals surface area contributed by atoms with Gasteiger partial charge in [0.2, 0.25) is 5.56 Å². The lowest BCUT2D eigenvalue weighted by molar-refractivity contribution is -0.167. The molecule has 0 unspecified atom stereocenters. The minimum Gasteiger partial charge on any atom is -0.506 e. The maximum absolute atomic E-state index is 14.1. The Bertz CT molecular complexity index is 2290. The number of carbonyl (C=O) groups is 2. The molecule has 4 aromatic rings. The Morgan fingerprint density at radius 3 is 2.48 bits per heavy atom. The number of aromatic amines is 1. The fourth-order valence-electron chi connectivity index (χ4n) is 9.40. The molecule has 1 aromatic heterocycles. The van der Waals surface area contributed by atoms with Crippen molar-refractivity contribution in [3.8, 4) is 11.5 Å². The summed E-state index contributed by atoms with van der Waals surface area (Å²) in [6, 6.07) is 18.5. The van der Waals surface area contributed by atoms with Crippen molar-refractivity contribution in [1.29, 1.82) is 0 Å². The number of esters is 1. The molecule has 1 aliphatic carbocycles. The van der Waals surface area contributed by atoms with Gasteiger partial charge >= 0.3 is 5.97 Å². The Morgan fingerprint density at radius 2 is 1.79 bits per heavy atom. The molecular weight excluding hydrogens is 820 g/mol. The Morgan fingerprint density at radius 1 is 1.03 bits per heavy atom. The number of fused-ring (bicyclic) bond motifs is 4. The lowest BCUT2D eigenvalue weighted by atomic mass is 9.69. The molecule has 13 heteroatoms. The number of phenolic OH excluding ortho intramolecular Hbond substituents is 1. The van der Waals surface area contributed by atoms with Gasteiger partial charge in [-0.15, -0.1) is 0 Å². The van der Waals surface area contributed by atoms with E-state index in [1.54, 1.807) is 31.4 Å². The molecule has 2 atom stereocenters. The third-order valence-corrected chi connectivity index (χ3v) is 18.9. The number of ether oxygens (including phenoxy) is 2. The first kappa shape index (κ1) is 45.8. The van der Waals surface area contributed by atoms with Gasteiger partial charge in [0.15, 0.2) is 8.32 Å². The van der Waals surface area contributed by atoms with E-state index in [1.165, 1.54) is 6.07 Å². The molecule has 11 nitrogen and oxygen atoms in total. The third kappa shape index (κ3) is 10.1. The molecule has 4 aliphatic rings. The summed E-state index contributed by atoms with van der Waals surface area (Å²) < 4.78 is 19.1. The van der Waals surface area contributed by atoms with E-state index in [0.717, 1.165) is 93.3 Å². The van der Waals surface area contributed by atoms with Gasteiger partial charge < -0.3 is 34.6 Å². The van der Waals surface area contributed by atoms with E-state index in [4.69, 9.17) is 25.5 Å². The molecule has 0 radical (unpaired) electrons. The number of phenols is 1. The number of hydrogen-bond acceptors (Lipinski definition) is 9. The second-order valence-electron chi connectivity index (χ2n) is 19.2. The van der Waals surface area contributed by atoms with Gasteiger partial charge in [-0.1, -0.05) is 82.0 Å². The fourth-order valence-corrected chi connectivity index (χ4v) is 10.9. The van der Waals surface area contributed by atoms with Gasteiger partial charge in [0.05, 0.1) is 34.7 Å². The number of halogens is 1. The van der Waals surface area contributed by atoms with Crippen LogP contribution in [0, 0.1) is 5.92 Å². The molecule has 3 aromatic carbocycles. The van der Waals surface area contributed by atoms with E-state index < -0.39 is 19.8 Å². The standard InChI is InChI=1S/C49H65ClN4O7Si/c1-48(2,3)62(5,6)61-42(36-15-17-40(55)45-37(36)16-18-44(56)53-45)30-51-29-34-27-39(50)38(28-41(34)59-4)46(57)52-23-11-13-32-12-10-14-35(26-32)49(21-8-7-9-22-49)47(58)60-43-31-54-24-19-33(43)20-25-54/h10,12,14-18,26-28,33,42-43,51,55H,7-9,11,13,19-25,29-31H2,1-6H3,(H,52,57)(H,53,56)/t42-,43+/m1/s1. The molecule has 334 valence electrons. The van der Waals surface area contributed by atoms with Crippen LogP contribution in [0.3, 0.4) is 0 Å². The van der Waals surface area contributed by atoms with Gasteiger partial charge in [0.1, 0.15) is 17.6 Å². The van der Waals surface area contributed by atoms with Crippen LogP contribution in [0.1, 0.15) is 111 Å². The predicted octanol–water partition coefficient (Wildman–Crippen LogP) is 8.95. The first-order valence-electron chi connectivity index (χ1n) is 22.5. The van der Waals surface area contributed by atoms with Gasteiger partial charge in [0.25, 0.3) is 5.91 Å². The van der Waals surface area contributed by atoms with Crippen LogP contribution in [0.25, 0.3) is 10.9 Å². The SMILES string of the molecule is COc1cc(C(=O)NCCCc2cccc(C3(C(=O)O[C@H]4CN5CCC4CC5)CCCCC3)c2)c(Cl)cc1CNC[C@@H](O[Si](C)(C)C(C)(C)C)c1ccc(O)c2[nH]c(=O)ccc12. The van der Waals surface area contributed by atoms with Gasteiger partial charge in [0, 0.05) is 43.2 Å². The Hall–Kier alpha value is -4.20. The summed E-state index contributed by atoms with van der Waals surface area (Å²) in [5, 5.41) is 18.1. The molecule has 2 bridgehead atoms. The Kier molecular flexibility index (Phi) is 14.2. The second-order valence-corrected chi connectivity index (χ2v) is 24.4. The first-order chi connectivity index (χ1) is 29.6. The molecule has 4 N–H and O–H groups in total. The second kappa shape index (κ2) is 19.3. The van der Waals surface area contributed by atoms with Crippen LogP contribution in [0.15, 0.2) is 65.5 Å². The van der Waals surface area contributed by atoms with E-state index in [-0.39, 0.29) is 34.3 Å². The summed E-state index contributed by atoms with van der Waals surface area (Å²) >= 11 is 6.78. The minimum absolute atomic E-state index is 0.00307. The Labute approximate surface area is 372 Å². The predicted molar refractivity (Wildman–Crippen MR) is 248 cm³/mol. The number of nitrogens with one attached hydrogen (secondary N) is 3. The Balaban J connectivity index is 0.973. The molecule has 1 amide bonds. The number of hydrogen-bond donors (Lipinski definition) is 4. The number of H-pyrrole nitrogens is 1. The fraction of sp³-hybridized carbons (Fsp3) is 0.531. The molecule has 4 heterocycles. The summed E-state index contributed by atoms with van der Waals surface area (Å²) in [5.74, 6) is 0.678. The number of nitrogens with zero attached hydrogens (tertiary/aromatic N) is 1. The lowest BCUT2D eigenvalue weighted by Crippen LogP contribution is -2.53. The number of rotatable bonds is 16. The van der Waals surface area contributed by atoms with Crippen molar-refractivity contribution in [2.24, 2.45) is 5.92 Å². The topological polar surface area (TPSA) is 142 Å². The summed E-state index contributed by atoms with van der Waals surface area (Å²) in [6.45, 7) is 15.3. The van der Waals surface area contributed by atoms with E-state index in [2.05, 4.69) is 78.6 Å². The van der Waals surface area contributed by atoms with Crippen LogP contribution >= 0.6 is 11.6 Å². The number of aryl methyl sites for hydroxylation is 1. The third-order valence-electron chi connectivity index (χ3n) is 14.1. The molecule has 1 saturated carbocycles. The number of amides is 1. The highest BCUT2D eigenvalue weighted by molar-refractivity contribution is 6.74. The minimum atomic E-state index is -2.28. The van der Waals surface area contributed by atoms with Crippen molar-refractivity contribution in [3.05, 3.63) is 104 Å². The van der Waals surface area contributed by atoms with Crippen molar-refractivity contribution in [3.63, 3.8) is 0 Å². The molecule has 4 fully saturated rings. The maximum atomic E-state index is 14.1. The highest BCUT2D eigenvalue weighted by Gasteiger charge is 2.46. The average molecular weight is 886 g/mol. The van der Waals surface area contributed by atoms with E-state index in [9.17, 15) is 19.5 Å².